The highest BCUT2D eigenvalue weighted by molar-refractivity contribution is 6.33. The van der Waals surface area contributed by atoms with Crippen molar-refractivity contribution < 1.29 is 0 Å². The summed E-state index contributed by atoms with van der Waals surface area (Å²) in [6.45, 7) is 3.58. The first-order chi connectivity index (χ1) is 13.5. The van der Waals surface area contributed by atoms with Gasteiger partial charge < -0.3 is 14.5 Å². The van der Waals surface area contributed by atoms with Crippen molar-refractivity contribution >= 4 is 33.9 Å². The van der Waals surface area contributed by atoms with Crippen molar-refractivity contribution in [2.24, 2.45) is 0 Å². The minimum absolute atomic E-state index is 0.0566. The number of nitrogens with one attached hydrogen (secondary N) is 2. The molecule has 10 nitrogen and oxygen atoms in total. The monoisotopic (exact) mass is 395 g/mol. The SMILES string of the molecule is Cc1cn(-c2ncnc3nc[nH]c23)cc(C)c1=O.Clc1ncnc2nc[nH]c12. The fourth-order valence-corrected chi connectivity index (χ4v) is 2.87. The fourth-order valence-electron chi connectivity index (χ4n) is 2.69. The molecule has 0 bridgehead atoms. The minimum atomic E-state index is 0.0566. The van der Waals surface area contributed by atoms with Gasteiger partial charge in [0.05, 0.1) is 12.7 Å². The third-order valence-corrected chi connectivity index (χ3v) is 4.29. The van der Waals surface area contributed by atoms with E-state index >= 15 is 0 Å². The molecule has 28 heavy (non-hydrogen) atoms. The number of imidazole rings is 2. The Morgan fingerprint density at radius 3 is 2.04 bits per heavy atom. The van der Waals surface area contributed by atoms with Gasteiger partial charge >= 0.3 is 0 Å². The Kier molecular flexibility index (Phi) is 4.53. The summed E-state index contributed by atoms with van der Waals surface area (Å²) in [5.74, 6) is 0.684. The second-order valence-electron chi connectivity index (χ2n) is 5.92. The van der Waals surface area contributed by atoms with E-state index in [2.05, 4.69) is 39.9 Å². The van der Waals surface area contributed by atoms with E-state index in [4.69, 9.17) is 11.6 Å². The Morgan fingerprint density at radius 2 is 1.39 bits per heavy atom. The Morgan fingerprint density at radius 1 is 0.821 bits per heavy atom. The highest BCUT2D eigenvalue weighted by Crippen LogP contribution is 2.15. The van der Waals surface area contributed by atoms with Gasteiger partial charge in [-0.05, 0) is 13.8 Å². The third-order valence-electron chi connectivity index (χ3n) is 4.01. The number of aromatic nitrogens is 9. The van der Waals surface area contributed by atoms with E-state index in [0.717, 1.165) is 5.52 Å². The molecule has 5 rings (SSSR count). The number of H-pyrrole nitrogens is 2. The van der Waals surface area contributed by atoms with Crippen molar-refractivity contribution in [1.29, 1.82) is 0 Å². The summed E-state index contributed by atoms with van der Waals surface area (Å²) in [5.41, 5.74) is 4.06. The fraction of sp³-hybridized carbons (Fsp3) is 0.118. The summed E-state index contributed by atoms with van der Waals surface area (Å²) < 4.78 is 1.81. The van der Waals surface area contributed by atoms with E-state index in [1.165, 1.54) is 19.0 Å². The standard InChI is InChI=1S/C12H11N5O.C5H3ClN4/c1-7-3-17(4-8(2)10(7)18)12-9-11(14-5-13-9)15-6-16-12;6-4-3-5(9-1-7-3)10-2-8-4/h3-6H,1-2H3,(H,13,14,15,16);1-2H,(H,7,8,9,10). The molecule has 0 saturated heterocycles. The average Bonchev–Trinajstić information content (AvgIpc) is 3.35. The molecule has 0 aliphatic heterocycles. The van der Waals surface area contributed by atoms with Crippen molar-refractivity contribution in [3.8, 4) is 5.82 Å². The van der Waals surface area contributed by atoms with E-state index in [9.17, 15) is 4.79 Å². The zero-order valence-electron chi connectivity index (χ0n) is 14.9. The van der Waals surface area contributed by atoms with Crippen molar-refractivity contribution in [3.63, 3.8) is 0 Å². The molecule has 0 unspecified atom stereocenters. The van der Waals surface area contributed by atoms with Gasteiger partial charge in [-0.25, -0.2) is 29.9 Å². The molecule has 5 aromatic heterocycles. The highest BCUT2D eigenvalue weighted by Gasteiger charge is 2.09. The Labute approximate surface area is 162 Å². The van der Waals surface area contributed by atoms with E-state index in [0.29, 0.717) is 38.9 Å². The van der Waals surface area contributed by atoms with Gasteiger partial charge in [0, 0.05) is 23.5 Å². The van der Waals surface area contributed by atoms with Crippen LogP contribution in [-0.4, -0.2) is 44.4 Å². The quantitative estimate of drug-likeness (QED) is 0.415. The second kappa shape index (κ2) is 7.16. The molecule has 0 amide bonds. The van der Waals surface area contributed by atoms with Crippen molar-refractivity contribution in [1.82, 2.24) is 44.4 Å². The van der Waals surface area contributed by atoms with Crippen LogP contribution in [-0.2, 0) is 0 Å². The number of hydrogen-bond acceptors (Lipinski definition) is 7. The lowest BCUT2D eigenvalue weighted by atomic mass is 10.2. The van der Waals surface area contributed by atoms with Gasteiger partial charge in [0.25, 0.3) is 0 Å². The molecule has 0 fully saturated rings. The van der Waals surface area contributed by atoms with Crippen LogP contribution >= 0.6 is 11.6 Å². The Hall–Kier alpha value is -3.66. The van der Waals surface area contributed by atoms with E-state index in [1.54, 1.807) is 32.6 Å². The highest BCUT2D eigenvalue weighted by atomic mass is 35.5. The Balaban J connectivity index is 0.000000162. The Bertz CT molecular complexity index is 1310. The zero-order valence-corrected chi connectivity index (χ0v) is 15.6. The lowest BCUT2D eigenvalue weighted by Gasteiger charge is -2.08. The minimum Gasteiger partial charge on any atom is -0.341 e. The van der Waals surface area contributed by atoms with Crippen LogP contribution < -0.4 is 5.43 Å². The van der Waals surface area contributed by atoms with Gasteiger partial charge in [-0.1, -0.05) is 11.6 Å². The van der Waals surface area contributed by atoms with Gasteiger partial charge in [-0.2, -0.15) is 0 Å². The summed E-state index contributed by atoms with van der Waals surface area (Å²) in [7, 11) is 0. The van der Waals surface area contributed by atoms with Gasteiger partial charge in [-0.3, -0.25) is 4.79 Å². The topological polar surface area (TPSA) is 131 Å². The van der Waals surface area contributed by atoms with Crippen molar-refractivity contribution in [2.75, 3.05) is 0 Å². The zero-order chi connectivity index (χ0) is 19.7. The maximum absolute atomic E-state index is 11.7. The number of aryl methyl sites for hydroxylation is 2. The number of hydrogen-bond donors (Lipinski definition) is 2. The maximum atomic E-state index is 11.7. The molecular weight excluding hydrogens is 382 g/mol. The van der Waals surface area contributed by atoms with Crippen LogP contribution in [0.3, 0.4) is 0 Å². The van der Waals surface area contributed by atoms with Crippen molar-refractivity contribution in [2.45, 2.75) is 13.8 Å². The molecule has 0 spiro atoms. The van der Waals surface area contributed by atoms with Crippen LogP contribution in [0, 0.1) is 13.8 Å². The van der Waals surface area contributed by atoms with Crippen LogP contribution in [0.1, 0.15) is 11.1 Å². The number of halogens is 1. The van der Waals surface area contributed by atoms with Crippen LogP contribution in [0.2, 0.25) is 5.15 Å². The molecule has 140 valence electrons. The molecule has 2 N–H and O–H groups in total. The van der Waals surface area contributed by atoms with E-state index in [1.807, 2.05) is 4.57 Å². The summed E-state index contributed by atoms with van der Waals surface area (Å²) in [5, 5.41) is 0.405. The largest absolute Gasteiger partial charge is 0.341 e. The molecule has 11 heteroatoms. The summed E-state index contributed by atoms with van der Waals surface area (Å²) >= 11 is 5.68. The number of aromatic amines is 2. The second-order valence-corrected chi connectivity index (χ2v) is 6.28. The molecular formula is C17H14ClN9O. The predicted molar refractivity (Wildman–Crippen MR) is 103 cm³/mol. The van der Waals surface area contributed by atoms with Gasteiger partial charge in [0.2, 0.25) is 0 Å². The molecule has 0 atom stereocenters. The molecule has 5 heterocycles. The van der Waals surface area contributed by atoms with Crippen LogP contribution in [0.25, 0.3) is 28.1 Å². The first-order valence-corrected chi connectivity index (χ1v) is 8.56. The van der Waals surface area contributed by atoms with E-state index in [-0.39, 0.29) is 5.43 Å². The first-order valence-electron chi connectivity index (χ1n) is 8.18. The normalized spacial score (nSPS) is 10.8. The summed E-state index contributed by atoms with van der Waals surface area (Å²) in [6.07, 6.45) is 9.47. The number of pyridine rings is 1. The van der Waals surface area contributed by atoms with Crippen LogP contribution in [0.4, 0.5) is 0 Å². The summed E-state index contributed by atoms with van der Waals surface area (Å²) in [6, 6.07) is 0. The molecule has 5 aromatic rings. The average molecular weight is 396 g/mol. The smallest absolute Gasteiger partial charge is 0.187 e. The van der Waals surface area contributed by atoms with Gasteiger partial charge in [0.15, 0.2) is 27.7 Å². The van der Waals surface area contributed by atoms with Crippen LogP contribution in [0.5, 0.6) is 0 Å². The lowest BCUT2D eigenvalue weighted by Crippen LogP contribution is -2.13. The number of rotatable bonds is 1. The summed E-state index contributed by atoms with van der Waals surface area (Å²) in [4.78, 5) is 41.4. The molecule has 0 aliphatic carbocycles. The van der Waals surface area contributed by atoms with Gasteiger partial charge in [0.1, 0.15) is 23.7 Å². The first kappa shape index (κ1) is 17.7. The lowest BCUT2D eigenvalue weighted by molar-refractivity contribution is 0.950. The van der Waals surface area contributed by atoms with Crippen LogP contribution in [0.15, 0.2) is 42.5 Å². The molecule has 0 aromatic carbocycles. The molecule has 0 saturated carbocycles. The molecule has 0 aliphatic rings. The number of fused-ring (bicyclic) bond motifs is 2. The van der Waals surface area contributed by atoms with Crippen molar-refractivity contribution in [3.05, 3.63) is 64.2 Å². The predicted octanol–water partition coefficient (Wildman–Crippen LogP) is 2.13. The maximum Gasteiger partial charge on any atom is 0.187 e. The number of nitrogens with zero attached hydrogens (tertiary/aromatic N) is 7. The van der Waals surface area contributed by atoms with Gasteiger partial charge in [-0.15, -0.1) is 0 Å². The third kappa shape index (κ3) is 3.21. The van der Waals surface area contributed by atoms with E-state index < -0.39 is 0 Å². The molecule has 0 radical (unpaired) electrons.